The number of hydrogen-bond donors (Lipinski definition) is 1. The van der Waals surface area contributed by atoms with E-state index in [0.29, 0.717) is 0 Å². The molecule has 0 unspecified atom stereocenters. The van der Waals surface area contributed by atoms with Crippen LogP contribution in [0.25, 0.3) is 6.08 Å². The second-order valence-corrected chi connectivity index (χ2v) is 5.14. The molecule has 0 amide bonds. The van der Waals surface area contributed by atoms with Gasteiger partial charge < -0.3 is 10.0 Å². The molecule has 0 aliphatic carbocycles. The van der Waals surface area contributed by atoms with Crippen LogP contribution in [0.4, 0.5) is 11.4 Å². The van der Waals surface area contributed by atoms with Crippen molar-refractivity contribution in [3.8, 4) is 0 Å². The van der Waals surface area contributed by atoms with Crippen LogP contribution in [0, 0.1) is 13.8 Å². The maximum atomic E-state index is 10.7. The number of aliphatic carboxylic acids is 1. The fraction of sp³-hybridized carbons (Fsp3) is 0.167. The summed E-state index contributed by atoms with van der Waals surface area (Å²) in [6, 6.07) is 14.1. The maximum absolute atomic E-state index is 10.7. The number of benzene rings is 2. The van der Waals surface area contributed by atoms with E-state index in [9.17, 15) is 4.79 Å². The van der Waals surface area contributed by atoms with E-state index in [1.54, 1.807) is 6.08 Å². The van der Waals surface area contributed by atoms with Gasteiger partial charge in [0.2, 0.25) is 0 Å². The molecule has 0 aliphatic rings. The molecule has 108 valence electrons. The molecule has 0 bridgehead atoms. The number of rotatable bonds is 4. The normalized spacial score (nSPS) is 10.8. The van der Waals surface area contributed by atoms with Gasteiger partial charge >= 0.3 is 5.97 Å². The summed E-state index contributed by atoms with van der Waals surface area (Å²) in [4.78, 5) is 12.8. The summed E-state index contributed by atoms with van der Waals surface area (Å²) >= 11 is 0. The molecule has 0 fully saturated rings. The number of para-hydroxylation sites is 1. The number of carboxylic acid groups (broad SMARTS) is 1. The number of aryl methyl sites for hydroxylation is 2. The third kappa shape index (κ3) is 3.72. The molecular formula is C18H19NO2. The minimum atomic E-state index is -0.946. The van der Waals surface area contributed by atoms with E-state index in [1.807, 2.05) is 31.3 Å². The fourth-order valence-corrected chi connectivity index (χ4v) is 2.38. The first-order valence-electron chi connectivity index (χ1n) is 6.79. The highest BCUT2D eigenvalue weighted by atomic mass is 16.4. The summed E-state index contributed by atoms with van der Waals surface area (Å²) in [7, 11) is 1.99. The molecule has 3 heteroatoms. The number of carboxylic acids is 1. The molecule has 2 rings (SSSR count). The molecule has 0 spiro atoms. The van der Waals surface area contributed by atoms with E-state index in [-0.39, 0.29) is 0 Å². The van der Waals surface area contributed by atoms with E-state index in [2.05, 4.69) is 36.9 Å². The minimum Gasteiger partial charge on any atom is -0.478 e. The van der Waals surface area contributed by atoms with Gasteiger partial charge in [0.15, 0.2) is 0 Å². The highest BCUT2D eigenvalue weighted by Crippen LogP contribution is 2.29. The summed E-state index contributed by atoms with van der Waals surface area (Å²) in [6.07, 6.45) is 2.78. The Morgan fingerprint density at radius 2 is 1.71 bits per heavy atom. The molecular weight excluding hydrogens is 262 g/mol. The van der Waals surface area contributed by atoms with Crippen LogP contribution < -0.4 is 4.90 Å². The Morgan fingerprint density at radius 3 is 2.33 bits per heavy atom. The quantitative estimate of drug-likeness (QED) is 0.855. The lowest BCUT2D eigenvalue weighted by Gasteiger charge is -2.22. The lowest BCUT2D eigenvalue weighted by molar-refractivity contribution is -0.131. The molecule has 0 saturated carbocycles. The standard InChI is InChI=1S/C18H19NO2/c1-13-10-14(2)12-16(11-13)19(3)17-7-5-4-6-15(17)8-9-18(20)21/h4-12H,1-3H3,(H,20,21). The molecule has 0 aliphatic heterocycles. The SMILES string of the molecule is Cc1cc(C)cc(N(C)c2ccccc2C=CC(=O)O)c1. The van der Waals surface area contributed by atoms with Crippen LogP contribution in [0.2, 0.25) is 0 Å². The van der Waals surface area contributed by atoms with Crippen LogP contribution in [0.1, 0.15) is 16.7 Å². The van der Waals surface area contributed by atoms with Crippen molar-refractivity contribution in [3.63, 3.8) is 0 Å². The number of hydrogen-bond acceptors (Lipinski definition) is 2. The van der Waals surface area contributed by atoms with Crippen LogP contribution in [0.5, 0.6) is 0 Å². The predicted octanol–water partition coefficient (Wildman–Crippen LogP) is 4.17. The van der Waals surface area contributed by atoms with Crippen LogP contribution in [0.3, 0.4) is 0 Å². The third-order valence-corrected chi connectivity index (χ3v) is 3.30. The molecule has 2 aromatic carbocycles. The second kappa shape index (κ2) is 6.27. The first kappa shape index (κ1) is 14.9. The van der Waals surface area contributed by atoms with Crippen LogP contribution in [0.15, 0.2) is 48.5 Å². The summed E-state index contributed by atoms with van der Waals surface area (Å²) in [5.74, 6) is -0.946. The van der Waals surface area contributed by atoms with Crippen molar-refractivity contribution in [2.45, 2.75) is 13.8 Å². The lowest BCUT2D eigenvalue weighted by Crippen LogP contribution is -2.11. The smallest absolute Gasteiger partial charge is 0.328 e. The van der Waals surface area contributed by atoms with E-state index in [1.165, 1.54) is 11.1 Å². The number of carbonyl (C=O) groups is 1. The van der Waals surface area contributed by atoms with Crippen molar-refractivity contribution in [2.75, 3.05) is 11.9 Å². The summed E-state index contributed by atoms with van der Waals surface area (Å²) < 4.78 is 0. The highest BCUT2D eigenvalue weighted by molar-refractivity contribution is 5.87. The zero-order valence-corrected chi connectivity index (χ0v) is 12.5. The Morgan fingerprint density at radius 1 is 1.10 bits per heavy atom. The topological polar surface area (TPSA) is 40.5 Å². The monoisotopic (exact) mass is 281 g/mol. The van der Waals surface area contributed by atoms with E-state index in [0.717, 1.165) is 23.0 Å². The Bertz CT molecular complexity index is 669. The molecule has 0 atom stereocenters. The number of anilines is 2. The van der Waals surface area contributed by atoms with Crippen molar-refractivity contribution < 1.29 is 9.90 Å². The summed E-state index contributed by atoms with van der Waals surface area (Å²) in [5.41, 5.74) is 5.34. The minimum absolute atomic E-state index is 0.876. The lowest BCUT2D eigenvalue weighted by atomic mass is 10.1. The molecule has 2 aromatic rings. The molecule has 0 saturated heterocycles. The van der Waals surface area contributed by atoms with Crippen molar-refractivity contribution in [3.05, 3.63) is 65.2 Å². The highest BCUT2D eigenvalue weighted by Gasteiger charge is 2.08. The third-order valence-electron chi connectivity index (χ3n) is 3.30. The largest absolute Gasteiger partial charge is 0.478 e. The second-order valence-electron chi connectivity index (χ2n) is 5.14. The average Bonchev–Trinajstić information content (AvgIpc) is 2.43. The van der Waals surface area contributed by atoms with Gasteiger partial charge in [-0.15, -0.1) is 0 Å². The molecule has 21 heavy (non-hydrogen) atoms. The van der Waals surface area contributed by atoms with Crippen LogP contribution in [-0.4, -0.2) is 18.1 Å². The maximum Gasteiger partial charge on any atom is 0.328 e. The van der Waals surface area contributed by atoms with Crippen molar-refractivity contribution >= 4 is 23.4 Å². The van der Waals surface area contributed by atoms with Crippen molar-refractivity contribution in [2.24, 2.45) is 0 Å². The summed E-state index contributed by atoms with van der Waals surface area (Å²) in [6.45, 7) is 4.14. The first-order chi connectivity index (χ1) is 9.97. The van der Waals surface area contributed by atoms with Gasteiger partial charge in [-0.3, -0.25) is 0 Å². The van der Waals surface area contributed by atoms with Gasteiger partial charge in [0.1, 0.15) is 0 Å². The Labute approximate surface area is 125 Å². The molecule has 3 nitrogen and oxygen atoms in total. The van der Waals surface area contributed by atoms with Crippen LogP contribution in [-0.2, 0) is 4.79 Å². The fourth-order valence-electron chi connectivity index (χ4n) is 2.38. The summed E-state index contributed by atoms with van der Waals surface area (Å²) in [5, 5.41) is 8.79. The van der Waals surface area contributed by atoms with Crippen molar-refractivity contribution in [1.29, 1.82) is 0 Å². The molecule has 0 radical (unpaired) electrons. The van der Waals surface area contributed by atoms with Gasteiger partial charge in [-0.1, -0.05) is 24.3 Å². The zero-order chi connectivity index (χ0) is 15.4. The van der Waals surface area contributed by atoms with Gasteiger partial charge in [0, 0.05) is 24.5 Å². The Hall–Kier alpha value is -2.55. The van der Waals surface area contributed by atoms with E-state index in [4.69, 9.17) is 5.11 Å². The van der Waals surface area contributed by atoms with E-state index >= 15 is 0 Å². The van der Waals surface area contributed by atoms with E-state index < -0.39 is 5.97 Å². The van der Waals surface area contributed by atoms with Crippen LogP contribution >= 0.6 is 0 Å². The first-order valence-corrected chi connectivity index (χ1v) is 6.79. The van der Waals surface area contributed by atoms with Gasteiger partial charge in [0.05, 0.1) is 0 Å². The predicted molar refractivity (Wildman–Crippen MR) is 87.1 cm³/mol. The molecule has 0 heterocycles. The van der Waals surface area contributed by atoms with Gasteiger partial charge in [-0.05, 0) is 54.8 Å². The Kier molecular flexibility index (Phi) is 4.43. The van der Waals surface area contributed by atoms with Gasteiger partial charge in [-0.25, -0.2) is 4.79 Å². The van der Waals surface area contributed by atoms with Gasteiger partial charge in [0.25, 0.3) is 0 Å². The van der Waals surface area contributed by atoms with Gasteiger partial charge in [-0.2, -0.15) is 0 Å². The van der Waals surface area contributed by atoms with Crippen molar-refractivity contribution in [1.82, 2.24) is 0 Å². The molecule has 0 aromatic heterocycles. The zero-order valence-electron chi connectivity index (χ0n) is 12.5. The average molecular weight is 281 g/mol. The molecule has 1 N–H and O–H groups in total. The number of nitrogens with zero attached hydrogens (tertiary/aromatic N) is 1. The Balaban J connectivity index is 2.43.